The monoisotopic (exact) mass is 258 g/mol. The molecule has 1 heterocycles. The summed E-state index contributed by atoms with van der Waals surface area (Å²) in [5, 5.41) is 0.955. The number of nitrogens with two attached hydrogens (primary N) is 1. The van der Waals surface area contributed by atoms with Crippen molar-refractivity contribution in [2.75, 3.05) is 38.3 Å². The van der Waals surface area contributed by atoms with Gasteiger partial charge in [0.2, 0.25) is 5.91 Å². The van der Waals surface area contributed by atoms with E-state index < -0.39 is 0 Å². The van der Waals surface area contributed by atoms with Gasteiger partial charge in [0.15, 0.2) is 0 Å². The summed E-state index contributed by atoms with van der Waals surface area (Å²) < 4.78 is 0. The van der Waals surface area contributed by atoms with E-state index >= 15 is 0 Å². The molecule has 5 nitrogen and oxygen atoms in total. The fraction of sp³-hybridized carbons (Fsp3) is 0.286. The number of hydrogen-bond acceptors (Lipinski definition) is 4. The Morgan fingerprint density at radius 1 is 1.26 bits per heavy atom. The minimum atomic E-state index is 0.0522. The summed E-state index contributed by atoms with van der Waals surface area (Å²) in [5.74, 6) is 0.0522. The van der Waals surface area contributed by atoms with Gasteiger partial charge in [-0.15, -0.1) is 0 Å². The SMILES string of the molecule is CN(C)C(=O)CN(C)c1ccc(N)c2ncccc12. The van der Waals surface area contributed by atoms with Gasteiger partial charge in [0, 0.05) is 38.4 Å². The van der Waals surface area contributed by atoms with E-state index in [-0.39, 0.29) is 5.91 Å². The number of anilines is 2. The maximum atomic E-state index is 11.8. The first-order valence-corrected chi connectivity index (χ1v) is 6.05. The Labute approximate surface area is 112 Å². The van der Waals surface area contributed by atoms with Gasteiger partial charge in [-0.25, -0.2) is 0 Å². The van der Waals surface area contributed by atoms with Gasteiger partial charge in [-0.2, -0.15) is 0 Å². The molecule has 0 aliphatic heterocycles. The van der Waals surface area contributed by atoms with Gasteiger partial charge in [-0.1, -0.05) is 0 Å². The molecule has 0 unspecified atom stereocenters. The summed E-state index contributed by atoms with van der Waals surface area (Å²) in [5.41, 5.74) is 8.28. The number of nitrogens with zero attached hydrogens (tertiary/aromatic N) is 3. The number of nitrogen functional groups attached to an aromatic ring is 1. The average molecular weight is 258 g/mol. The second kappa shape index (κ2) is 5.14. The Hall–Kier alpha value is -2.30. The number of pyridine rings is 1. The third-order valence-electron chi connectivity index (χ3n) is 3.06. The average Bonchev–Trinajstić information content (AvgIpc) is 2.39. The standard InChI is InChI=1S/C14H18N4O/c1-17(2)13(19)9-18(3)12-7-6-11(15)14-10(12)5-4-8-16-14/h4-8H,9,15H2,1-3H3. The zero-order valence-corrected chi connectivity index (χ0v) is 11.4. The van der Waals surface area contributed by atoms with E-state index in [4.69, 9.17) is 5.73 Å². The van der Waals surface area contributed by atoms with Crippen molar-refractivity contribution in [1.82, 2.24) is 9.88 Å². The molecule has 0 fully saturated rings. The molecule has 5 heteroatoms. The molecule has 1 aromatic heterocycles. The van der Waals surface area contributed by atoms with Crippen LogP contribution in [-0.4, -0.2) is 43.5 Å². The van der Waals surface area contributed by atoms with Crippen LogP contribution in [0.5, 0.6) is 0 Å². The quantitative estimate of drug-likeness (QED) is 0.844. The van der Waals surface area contributed by atoms with Crippen LogP contribution in [0.4, 0.5) is 11.4 Å². The van der Waals surface area contributed by atoms with E-state index in [9.17, 15) is 4.79 Å². The number of rotatable bonds is 3. The Bertz CT molecular complexity index is 609. The second-order valence-electron chi connectivity index (χ2n) is 4.72. The van der Waals surface area contributed by atoms with Gasteiger partial charge in [0.1, 0.15) is 0 Å². The number of carbonyl (C=O) groups excluding carboxylic acids is 1. The largest absolute Gasteiger partial charge is 0.397 e. The van der Waals surface area contributed by atoms with E-state index in [0.29, 0.717) is 12.2 Å². The summed E-state index contributed by atoms with van der Waals surface area (Å²) in [7, 11) is 5.39. The molecular weight excluding hydrogens is 240 g/mol. The Morgan fingerprint density at radius 2 is 2.00 bits per heavy atom. The second-order valence-corrected chi connectivity index (χ2v) is 4.72. The minimum Gasteiger partial charge on any atom is -0.397 e. The van der Waals surface area contributed by atoms with Gasteiger partial charge in [-0.05, 0) is 24.3 Å². The highest BCUT2D eigenvalue weighted by molar-refractivity contribution is 5.99. The molecule has 0 bridgehead atoms. The number of likely N-dealkylation sites (N-methyl/N-ethyl adjacent to an activating group) is 2. The summed E-state index contributed by atoms with van der Waals surface area (Å²) >= 11 is 0. The molecule has 0 radical (unpaired) electrons. The zero-order valence-electron chi connectivity index (χ0n) is 11.4. The molecule has 0 atom stereocenters. The lowest BCUT2D eigenvalue weighted by Crippen LogP contribution is -2.34. The summed E-state index contributed by atoms with van der Waals surface area (Å²) in [6.07, 6.45) is 1.72. The van der Waals surface area contributed by atoms with Gasteiger partial charge >= 0.3 is 0 Å². The summed E-state index contributed by atoms with van der Waals surface area (Å²) in [4.78, 5) is 19.6. The first-order valence-electron chi connectivity index (χ1n) is 6.05. The van der Waals surface area contributed by atoms with Crippen molar-refractivity contribution in [2.24, 2.45) is 0 Å². The van der Waals surface area contributed by atoms with Crippen LogP contribution in [0.1, 0.15) is 0 Å². The van der Waals surface area contributed by atoms with E-state index in [1.54, 1.807) is 25.2 Å². The van der Waals surface area contributed by atoms with Crippen LogP contribution in [0, 0.1) is 0 Å². The Kier molecular flexibility index (Phi) is 3.55. The fourth-order valence-electron chi connectivity index (χ4n) is 1.94. The van der Waals surface area contributed by atoms with E-state index in [0.717, 1.165) is 16.6 Å². The lowest BCUT2D eigenvalue weighted by Gasteiger charge is -2.22. The van der Waals surface area contributed by atoms with Crippen LogP contribution in [-0.2, 0) is 4.79 Å². The first-order chi connectivity index (χ1) is 9.00. The van der Waals surface area contributed by atoms with Crippen LogP contribution in [0.2, 0.25) is 0 Å². The highest BCUT2D eigenvalue weighted by Gasteiger charge is 2.12. The molecule has 0 spiro atoms. The molecule has 19 heavy (non-hydrogen) atoms. The van der Waals surface area contributed by atoms with Crippen LogP contribution in [0.25, 0.3) is 10.9 Å². The van der Waals surface area contributed by atoms with Crippen LogP contribution in [0.15, 0.2) is 30.5 Å². The molecule has 0 saturated heterocycles. The summed E-state index contributed by atoms with van der Waals surface area (Å²) in [6.45, 7) is 0.320. The van der Waals surface area contributed by atoms with Crippen molar-refractivity contribution in [1.29, 1.82) is 0 Å². The number of fused-ring (bicyclic) bond motifs is 1. The van der Waals surface area contributed by atoms with Gasteiger partial charge in [-0.3, -0.25) is 9.78 Å². The number of amides is 1. The molecule has 0 aliphatic carbocycles. The first kappa shape index (κ1) is 13.1. The zero-order chi connectivity index (χ0) is 14.0. The topological polar surface area (TPSA) is 62.5 Å². The number of benzene rings is 1. The third-order valence-corrected chi connectivity index (χ3v) is 3.06. The van der Waals surface area contributed by atoms with Gasteiger partial charge < -0.3 is 15.5 Å². The van der Waals surface area contributed by atoms with Crippen LogP contribution >= 0.6 is 0 Å². The highest BCUT2D eigenvalue weighted by Crippen LogP contribution is 2.28. The van der Waals surface area contributed by atoms with Crippen molar-refractivity contribution in [3.63, 3.8) is 0 Å². The smallest absolute Gasteiger partial charge is 0.241 e. The van der Waals surface area contributed by atoms with Crippen molar-refractivity contribution < 1.29 is 4.79 Å². The van der Waals surface area contributed by atoms with Crippen molar-refractivity contribution >= 4 is 28.2 Å². The van der Waals surface area contributed by atoms with Crippen molar-refractivity contribution in [3.05, 3.63) is 30.5 Å². The Morgan fingerprint density at radius 3 is 2.68 bits per heavy atom. The molecule has 0 saturated carbocycles. The predicted molar refractivity (Wildman–Crippen MR) is 78.1 cm³/mol. The number of hydrogen-bond donors (Lipinski definition) is 1. The van der Waals surface area contributed by atoms with Crippen molar-refractivity contribution in [2.45, 2.75) is 0 Å². The lowest BCUT2D eigenvalue weighted by molar-refractivity contribution is -0.127. The molecule has 2 N–H and O–H groups in total. The maximum absolute atomic E-state index is 11.8. The fourth-order valence-corrected chi connectivity index (χ4v) is 1.94. The lowest BCUT2D eigenvalue weighted by atomic mass is 10.1. The summed E-state index contributed by atoms with van der Waals surface area (Å²) in [6, 6.07) is 7.57. The van der Waals surface area contributed by atoms with E-state index in [1.807, 2.05) is 36.2 Å². The molecule has 2 aromatic rings. The molecule has 0 aliphatic rings. The molecular formula is C14H18N4O. The van der Waals surface area contributed by atoms with Gasteiger partial charge in [0.25, 0.3) is 0 Å². The van der Waals surface area contributed by atoms with Crippen molar-refractivity contribution in [3.8, 4) is 0 Å². The molecule has 1 aromatic carbocycles. The molecule has 2 rings (SSSR count). The van der Waals surface area contributed by atoms with E-state index in [1.165, 1.54) is 0 Å². The third kappa shape index (κ3) is 2.59. The maximum Gasteiger partial charge on any atom is 0.241 e. The number of aromatic nitrogens is 1. The normalized spacial score (nSPS) is 10.5. The molecule has 1 amide bonds. The highest BCUT2D eigenvalue weighted by atomic mass is 16.2. The predicted octanol–water partition coefficient (Wildman–Crippen LogP) is 1.34. The Balaban J connectivity index is 2.40. The van der Waals surface area contributed by atoms with Crippen LogP contribution in [0.3, 0.4) is 0 Å². The van der Waals surface area contributed by atoms with Gasteiger partial charge in [0.05, 0.1) is 17.7 Å². The number of carbonyl (C=O) groups is 1. The minimum absolute atomic E-state index is 0.0522. The van der Waals surface area contributed by atoms with E-state index in [2.05, 4.69) is 4.98 Å². The van der Waals surface area contributed by atoms with Crippen LogP contribution < -0.4 is 10.6 Å². The molecule has 100 valence electrons.